The lowest BCUT2D eigenvalue weighted by molar-refractivity contribution is -0.148. The van der Waals surface area contributed by atoms with Crippen molar-refractivity contribution >= 4 is 17.7 Å². The summed E-state index contributed by atoms with van der Waals surface area (Å²) in [7, 11) is 0. The van der Waals surface area contributed by atoms with E-state index in [1.54, 1.807) is 18.3 Å². The molecule has 0 amide bonds. The third-order valence-electron chi connectivity index (χ3n) is 2.41. The number of anilines is 1. The standard InChI is InChI=1S/C15H22N2O2/c1-10(2)14-13(16)11(8-9-17-14)6-7-12(18)19-15(3,4)5/h6-10H,16H2,1-5H3/b7-6+. The molecule has 0 aliphatic rings. The molecular weight excluding hydrogens is 240 g/mol. The minimum Gasteiger partial charge on any atom is -0.457 e. The molecule has 0 spiro atoms. The van der Waals surface area contributed by atoms with Gasteiger partial charge in [-0.2, -0.15) is 0 Å². The maximum absolute atomic E-state index is 11.6. The fourth-order valence-corrected chi connectivity index (χ4v) is 1.60. The van der Waals surface area contributed by atoms with Crippen LogP contribution < -0.4 is 5.73 Å². The molecule has 0 fully saturated rings. The summed E-state index contributed by atoms with van der Waals surface area (Å²) in [6, 6.07) is 1.78. The van der Waals surface area contributed by atoms with E-state index in [0.29, 0.717) is 5.69 Å². The lowest BCUT2D eigenvalue weighted by Gasteiger charge is -2.18. The van der Waals surface area contributed by atoms with Gasteiger partial charge in [-0.3, -0.25) is 4.98 Å². The highest BCUT2D eigenvalue weighted by atomic mass is 16.6. The van der Waals surface area contributed by atoms with E-state index in [0.717, 1.165) is 11.3 Å². The van der Waals surface area contributed by atoms with E-state index in [9.17, 15) is 4.79 Å². The second kappa shape index (κ2) is 5.87. The SMILES string of the molecule is CC(C)c1nccc(/C=C/C(=O)OC(C)(C)C)c1N. The van der Waals surface area contributed by atoms with E-state index < -0.39 is 5.60 Å². The quantitative estimate of drug-likeness (QED) is 0.671. The van der Waals surface area contributed by atoms with Crippen LogP contribution in [0.2, 0.25) is 0 Å². The highest BCUT2D eigenvalue weighted by molar-refractivity contribution is 5.88. The first-order valence-corrected chi connectivity index (χ1v) is 6.36. The van der Waals surface area contributed by atoms with Crippen LogP contribution in [0.3, 0.4) is 0 Å². The molecule has 0 unspecified atom stereocenters. The Balaban J connectivity index is 2.89. The number of aromatic nitrogens is 1. The molecule has 1 aromatic heterocycles. The number of esters is 1. The van der Waals surface area contributed by atoms with Crippen molar-refractivity contribution < 1.29 is 9.53 Å². The van der Waals surface area contributed by atoms with Gasteiger partial charge in [0.1, 0.15) is 5.60 Å². The molecule has 0 radical (unpaired) electrons. The van der Waals surface area contributed by atoms with Crippen LogP contribution in [0.4, 0.5) is 5.69 Å². The van der Waals surface area contributed by atoms with Gasteiger partial charge in [0.25, 0.3) is 0 Å². The molecule has 1 rings (SSSR count). The zero-order valence-corrected chi connectivity index (χ0v) is 12.2. The minimum atomic E-state index is -0.492. The number of nitrogens with two attached hydrogens (primary N) is 1. The second-order valence-electron chi connectivity index (χ2n) is 5.72. The number of pyridine rings is 1. The van der Waals surface area contributed by atoms with Gasteiger partial charge < -0.3 is 10.5 Å². The van der Waals surface area contributed by atoms with Gasteiger partial charge in [-0.1, -0.05) is 13.8 Å². The van der Waals surface area contributed by atoms with Gasteiger partial charge >= 0.3 is 5.97 Å². The predicted molar refractivity (Wildman–Crippen MR) is 77.6 cm³/mol. The highest BCUT2D eigenvalue weighted by Crippen LogP contribution is 2.23. The maximum atomic E-state index is 11.6. The van der Waals surface area contributed by atoms with Gasteiger partial charge in [0.2, 0.25) is 0 Å². The Morgan fingerprint density at radius 2 is 2.05 bits per heavy atom. The van der Waals surface area contributed by atoms with Crippen LogP contribution in [0.1, 0.15) is 51.8 Å². The summed E-state index contributed by atoms with van der Waals surface area (Å²) < 4.78 is 5.19. The Labute approximate surface area is 114 Å². The molecule has 0 aliphatic carbocycles. The van der Waals surface area contributed by atoms with Crippen LogP contribution in [-0.4, -0.2) is 16.6 Å². The minimum absolute atomic E-state index is 0.245. The average molecular weight is 262 g/mol. The predicted octanol–water partition coefficient (Wildman–Crippen LogP) is 3.14. The first-order valence-electron chi connectivity index (χ1n) is 6.36. The van der Waals surface area contributed by atoms with Crippen molar-refractivity contribution in [3.05, 3.63) is 29.6 Å². The third kappa shape index (κ3) is 4.73. The van der Waals surface area contributed by atoms with Gasteiger partial charge in [-0.05, 0) is 38.8 Å². The molecule has 0 atom stereocenters. The highest BCUT2D eigenvalue weighted by Gasteiger charge is 2.14. The smallest absolute Gasteiger partial charge is 0.331 e. The number of carbonyl (C=O) groups is 1. The number of rotatable bonds is 3. The van der Waals surface area contributed by atoms with Crippen LogP contribution in [-0.2, 0) is 9.53 Å². The lowest BCUT2D eigenvalue weighted by atomic mass is 10.0. The molecule has 0 saturated heterocycles. The van der Waals surface area contributed by atoms with Crippen molar-refractivity contribution in [1.82, 2.24) is 4.98 Å². The molecule has 0 aliphatic heterocycles. The molecular formula is C15H22N2O2. The number of hydrogen-bond acceptors (Lipinski definition) is 4. The van der Waals surface area contributed by atoms with Gasteiger partial charge in [0.05, 0.1) is 11.4 Å². The van der Waals surface area contributed by atoms with Gasteiger partial charge in [-0.25, -0.2) is 4.79 Å². The van der Waals surface area contributed by atoms with E-state index in [1.807, 2.05) is 34.6 Å². The zero-order chi connectivity index (χ0) is 14.6. The van der Waals surface area contributed by atoms with Gasteiger partial charge in [0, 0.05) is 17.8 Å². The largest absolute Gasteiger partial charge is 0.457 e. The van der Waals surface area contributed by atoms with Crippen LogP contribution >= 0.6 is 0 Å². The molecule has 4 nitrogen and oxygen atoms in total. The van der Waals surface area contributed by atoms with E-state index in [-0.39, 0.29) is 11.9 Å². The van der Waals surface area contributed by atoms with Gasteiger partial charge in [-0.15, -0.1) is 0 Å². The number of hydrogen-bond donors (Lipinski definition) is 1. The zero-order valence-electron chi connectivity index (χ0n) is 12.2. The molecule has 4 heteroatoms. The molecule has 0 bridgehead atoms. The molecule has 1 aromatic rings. The number of ether oxygens (including phenoxy) is 1. The molecule has 2 N–H and O–H groups in total. The number of carbonyl (C=O) groups excluding carboxylic acids is 1. The summed E-state index contributed by atoms with van der Waals surface area (Å²) in [5, 5.41) is 0. The summed E-state index contributed by atoms with van der Waals surface area (Å²) in [6.07, 6.45) is 4.75. The molecule has 19 heavy (non-hydrogen) atoms. The summed E-state index contributed by atoms with van der Waals surface area (Å²) in [5.74, 6) is -0.135. The normalized spacial score (nSPS) is 12.1. The Kier molecular flexibility index (Phi) is 4.70. The third-order valence-corrected chi connectivity index (χ3v) is 2.41. The van der Waals surface area contributed by atoms with E-state index in [4.69, 9.17) is 10.5 Å². The van der Waals surface area contributed by atoms with Gasteiger partial charge in [0.15, 0.2) is 0 Å². The van der Waals surface area contributed by atoms with Crippen molar-refractivity contribution in [2.75, 3.05) is 5.73 Å². The number of nitrogens with zero attached hydrogens (tertiary/aromatic N) is 1. The van der Waals surface area contributed by atoms with Crippen molar-refractivity contribution in [3.63, 3.8) is 0 Å². The fourth-order valence-electron chi connectivity index (χ4n) is 1.60. The van der Waals surface area contributed by atoms with E-state index >= 15 is 0 Å². The van der Waals surface area contributed by atoms with Crippen LogP contribution in [0.5, 0.6) is 0 Å². The molecule has 1 heterocycles. The summed E-state index contributed by atoms with van der Waals surface area (Å²) in [5.41, 5.74) is 7.77. The first kappa shape index (κ1) is 15.2. The number of nitrogen functional groups attached to an aromatic ring is 1. The Morgan fingerprint density at radius 1 is 1.42 bits per heavy atom. The molecule has 104 valence electrons. The molecule has 0 saturated carbocycles. The summed E-state index contributed by atoms with van der Waals surface area (Å²) in [6.45, 7) is 9.54. The van der Waals surface area contributed by atoms with Crippen molar-refractivity contribution in [1.29, 1.82) is 0 Å². The summed E-state index contributed by atoms with van der Waals surface area (Å²) >= 11 is 0. The Morgan fingerprint density at radius 3 is 2.58 bits per heavy atom. The first-order chi connectivity index (χ1) is 8.70. The Bertz CT molecular complexity index is 485. The maximum Gasteiger partial charge on any atom is 0.331 e. The molecule has 0 aromatic carbocycles. The van der Waals surface area contributed by atoms with E-state index in [1.165, 1.54) is 6.08 Å². The summed E-state index contributed by atoms with van der Waals surface area (Å²) in [4.78, 5) is 15.8. The second-order valence-corrected chi connectivity index (χ2v) is 5.72. The Hall–Kier alpha value is -1.84. The van der Waals surface area contributed by atoms with Crippen molar-refractivity contribution in [2.24, 2.45) is 0 Å². The van der Waals surface area contributed by atoms with Crippen LogP contribution in [0.15, 0.2) is 18.3 Å². The van der Waals surface area contributed by atoms with Crippen molar-refractivity contribution in [2.45, 2.75) is 46.1 Å². The lowest BCUT2D eigenvalue weighted by Crippen LogP contribution is -2.22. The van der Waals surface area contributed by atoms with Crippen LogP contribution in [0, 0.1) is 0 Å². The van der Waals surface area contributed by atoms with E-state index in [2.05, 4.69) is 4.98 Å². The average Bonchev–Trinajstić information content (AvgIpc) is 2.24. The monoisotopic (exact) mass is 262 g/mol. The van der Waals surface area contributed by atoms with Crippen molar-refractivity contribution in [3.8, 4) is 0 Å². The van der Waals surface area contributed by atoms with Crippen LogP contribution in [0.25, 0.3) is 6.08 Å². The topological polar surface area (TPSA) is 65.2 Å². The fraction of sp³-hybridized carbons (Fsp3) is 0.467.